The zero-order valence-electron chi connectivity index (χ0n) is 9.27. The van der Waals surface area contributed by atoms with E-state index in [-0.39, 0.29) is 0 Å². The summed E-state index contributed by atoms with van der Waals surface area (Å²) < 4.78 is 0. The van der Waals surface area contributed by atoms with Gasteiger partial charge < -0.3 is 11.1 Å². The fraction of sp³-hybridized carbons (Fsp3) is 0.154. The molecule has 0 radical (unpaired) electrons. The second-order valence-corrected chi connectivity index (χ2v) is 3.60. The molecule has 0 atom stereocenters. The van der Waals surface area contributed by atoms with Crippen LogP contribution < -0.4 is 11.1 Å². The highest BCUT2D eigenvalue weighted by Crippen LogP contribution is 2.24. The molecule has 3 heteroatoms. The first kappa shape index (κ1) is 10.5. The molecule has 0 saturated carbocycles. The molecule has 0 aliphatic carbocycles. The van der Waals surface area contributed by atoms with Crippen LogP contribution in [0.4, 0.5) is 17.1 Å². The lowest BCUT2D eigenvalue weighted by molar-refractivity contribution is 1.14. The van der Waals surface area contributed by atoms with E-state index < -0.39 is 0 Å². The molecule has 0 bridgehead atoms. The van der Waals surface area contributed by atoms with Crippen LogP contribution in [0.1, 0.15) is 12.5 Å². The lowest BCUT2D eigenvalue weighted by Gasteiger charge is -2.12. The number of nitrogens with one attached hydrogen (secondary N) is 1. The number of anilines is 3. The second kappa shape index (κ2) is 4.66. The van der Waals surface area contributed by atoms with Gasteiger partial charge in [-0.3, -0.25) is 4.98 Å². The number of hydrogen-bond acceptors (Lipinski definition) is 3. The largest absolute Gasteiger partial charge is 0.396 e. The maximum Gasteiger partial charge on any atom is 0.0739 e. The number of pyridine rings is 1. The molecule has 0 unspecified atom stereocenters. The Balaban J connectivity index is 2.30. The molecule has 2 aromatic rings. The zero-order chi connectivity index (χ0) is 11.4. The maximum absolute atomic E-state index is 5.83. The average Bonchev–Trinajstić information content (AvgIpc) is 2.33. The summed E-state index contributed by atoms with van der Waals surface area (Å²) >= 11 is 0. The summed E-state index contributed by atoms with van der Waals surface area (Å²) in [5.74, 6) is 0. The molecule has 0 saturated heterocycles. The summed E-state index contributed by atoms with van der Waals surface area (Å²) in [7, 11) is 0. The van der Waals surface area contributed by atoms with E-state index >= 15 is 0 Å². The Morgan fingerprint density at radius 3 is 2.75 bits per heavy atom. The number of aryl methyl sites for hydroxylation is 1. The Labute approximate surface area is 95.3 Å². The van der Waals surface area contributed by atoms with E-state index in [1.54, 1.807) is 12.4 Å². The van der Waals surface area contributed by atoms with Gasteiger partial charge >= 0.3 is 0 Å². The van der Waals surface area contributed by atoms with Crippen molar-refractivity contribution in [1.82, 2.24) is 4.98 Å². The van der Waals surface area contributed by atoms with Gasteiger partial charge in [0.2, 0.25) is 0 Å². The summed E-state index contributed by atoms with van der Waals surface area (Å²) in [4.78, 5) is 3.96. The quantitative estimate of drug-likeness (QED) is 0.824. The van der Waals surface area contributed by atoms with Crippen LogP contribution >= 0.6 is 0 Å². The standard InChI is InChI=1S/C13H15N3/c1-2-10-5-3-4-6-12(10)16-13-7-8-15-9-11(13)14/h3-9H,2,14H2,1H3,(H,15,16). The van der Waals surface area contributed by atoms with Crippen molar-refractivity contribution in [3.63, 3.8) is 0 Å². The van der Waals surface area contributed by atoms with Crippen molar-refractivity contribution in [2.75, 3.05) is 11.1 Å². The molecule has 3 N–H and O–H groups in total. The third kappa shape index (κ3) is 2.14. The number of nitrogen functional groups attached to an aromatic ring is 1. The zero-order valence-corrected chi connectivity index (χ0v) is 9.27. The maximum atomic E-state index is 5.83. The number of nitrogens with two attached hydrogens (primary N) is 1. The third-order valence-electron chi connectivity index (χ3n) is 2.52. The highest BCUT2D eigenvalue weighted by molar-refractivity contribution is 5.72. The van der Waals surface area contributed by atoms with Gasteiger partial charge in [-0.25, -0.2) is 0 Å². The second-order valence-electron chi connectivity index (χ2n) is 3.60. The van der Waals surface area contributed by atoms with Crippen molar-refractivity contribution < 1.29 is 0 Å². The van der Waals surface area contributed by atoms with E-state index in [4.69, 9.17) is 5.73 Å². The first-order chi connectivity index (χ1) is 7.81. The summed E-state index contributed by atoms with van der Waals surface area (Å²) in [6, 6.07) is 10.1. The highest BCUT2D eigenvalue weighted by atomic mass is 14.9. The van der Waals surface area contributed by atoms with Crippen LogP contribution in [0.25, 0.3) is 0 Å². The van der Waals surface area contributed by atoms with Gasteiger partial charge in [-0.15, -0.1) is 0 Å². The van der Waals surface area contributed by atoms with Crippen LogP contribution in [0.2, 0.25) is 0 Å². The van der Waals surface area contributed by atoms with Crippen molar-refractivity contribution in [3.8, 4) is 0 Å². The predicted molar refractivity (Wildman–Crippen MR) is 67.8 cm³/mol. The number of para-hydroxylation sites is 1. The van der Waals surface area contributed by atoms with E-state index in [0.717, 1.165) is 17.8 Å². The van der Waals surface area contributed by atoms with Crippen LogP contribution in [0.3, 0.4) is 0 Å². The van der Waals surface area contributed by atoms with Gasteiger partial charge in [0.25, 0.3) is 0 Å². The Hall–Kier alpha value is -2.03. The minimum Gasteiger partial charge on any atom is -0.396 e. The van der Waals surface area contributed by atoms with Gasteiger partial charge in [0.05, 0.1) is 17.6 Å². The van der Waals surface area contributed by atoms with Gasteiger partial charge in [0.15, 0.2) is 0 Å². The molecule has 3 nitrogen and oxygen atoms in total. The van der Waals surface area contributed by atoms with Gasteiger partial charge in [-0.1, -0.05) is 25.1 Å². The molecular weight excluding hydrogens is 198 g/mol. The lowest BCUT2D eigenvalue weighted by atomic mass is 10.1. The number of hydrogen-bond donors (Lipinski definition) is 2. The van der Waals surface area contributed by atoms with Gasteiger partial charge in [-0.05, 0) is 24.1 Å². The fourth-order valence-corrected chi connectivity index (χ4v) is 1.62. The lowest BCUT2D eigenvalue weighted by Crippen LogP contribution is -1.99. The topological polar surface area (TPSA) is 50.9 Å². The van der Waals surface area contributed by atoms with Gasteiger partial charge in [0, 0.05) is 11.9 Å². The van der Waals surface area contributed by atoms with E-state index in [2.05, 4.69) is 29.4 Å². The van der Waals surface area contributed by atoms with E-state index in [0.29, 0.717) is 5.69 Å². The summed E-state index contributed by atoms with van der Waals surface area (Å²) in [5, 5.41) is 3.33. The van der Waals surface area contributed by atoms with Crippen molar-refractivity contribution in [1.29, 1.82) is 0 Å². The van der Waals surface area contributed by atoms with Crippen molar-refractivity contribution in [3.05, 3.63) is 48.3 Å². The molecule has 0 spiro atoms. The van der Waals surface area contributed by atoms with E-state index in [1.165, 1.54) is 5.56 Å². The van der Waals surface area contributed by atoms with Crippen LogP contribution in [0.15, 0.2) is 42.7 Å². The molecular formula is C13H15N3. The molecule has 16 heavy (non-hydrogen) atoms. The summed E-state index contributed by atoms with van der Waals surface area (Å²) in [5.41, 5.74) is 9.77. The molecule has 82 valence electrons. The first-order valence-corrected chi connectivity index (χ1v) is 5.35. The molecule has 2 rings (SSSR count). The van der Waals surface area contributed by atoms with Crippen LogP contribution in [0, 0.1) is 0 Å². The summed E-state index contributed by atoms with van der Waals surface area (Å²) in [6.07, 6.45) is 4.37. The minimum absolute atomic E-state index is 0.661. The Bertz CT molecular complexity index is 480. The fourth-order valence-electron chi connectivity index (χ4n) is 1.62. The molecule has 0 aliphatic heterocycles. The first-order valence-electron chi connectivity index (χ1n) is 5.35. The van der Waals surface area contributed by atoms with Crippen LogP contribution in [0.5, 0.6) is 0 Å². The molecule has 0 fully saturated rings. The van der Waals surface area contributed by atoms with E-state index in [1.807, 2.05) is 18.2 Å². The van der Waals surface area contributed by atoms with E-state index in [9.17, 15) is 0 Å². The molecule has 0 aliphatic rings. The normalized spacial score (nSPS) is 10.1. The number of benzene rings is 1. The Kier molecular flexibility index (Phi) is 3.05. The predicted octanol–water partition coefficient (Wildman–Crippen LogP) is 2.97. The molecule has 1 heterocycles. The Morgan fingerprint density at radius 2 is 2.00 bits per heavy atom. The third-order valence-corrected chi connectivity index (χ3v) is 2.52. The molecule has 1 aromatic heterocycles. The smallest absolute Gasteiger partial charge is 0.0739 e. The monoisotopic (exact) mass is 213 g/mol. The highest BCUT2D eigenvalue weighted by Gasteiger charge is 2.02. The van der Waals surface area contributed by atoms with Crippen molar-refractivity contribution >= 4 is 17.1 Å². The average molecular weight is 213 g/mol. The SMILES string of the molecule is CCc1ccccc1Nc1ccncc1N. The van der Waals surface area contributed by atoms with Crippen LogP contribution in [-0.2, 0) is 6.42 Å². The van der Waals surface area contributed by atoms with Crippen molar-refractivity contribution in [2.24, 2.45) is 0 Å². The van der Waals surface area contributed by atoms with Gasteiger partial charge in [0.1, 0.15) is 0 Å². The molecule has 0 amide bonds. The number of nitrogens with zero attached hydrogens (tertiary/aromatic N) is 1. The van der Waals surface area contributed by atoms with Gasteiger partial charge in [-0.2, -0.15) is 0 Å². The Morgan fingerprint density at radius 1 is 1.19 bits per heavy atom. The minimum atomic E-state index is 0.661. The van der Waals surface area contributed by atoms with Crippen molar-refractivity contribution in [2.45, 2.75) is 13.3 Å². The van der Waals surface area contributed by atoms with Crippen LogP contribution in [-0.4, -0.2) is 4.98 Å². The number of aromatic nitrogens is 1. The molecule has 1 aromatic carbocycles. The summed E-state index contributed by atoms with van der Waals surface area (Å²) in [6.45, 7) is 2.14. The number of rotatable bonds is 3.